The molecule has 0 radical (unpaired) electrons. The Bertz CT molecular complexity index is 583. The molecule has 0 aliphatic rings. The summed E-state index contributed by atoms with van der Waals surface area (Å²) in [6.07, 6.45) is 2.06. The SMILES string of the molecule is CN(CC(=O)NCCCO)c1ncnc2ccccc12. The number of para-hydroxylation sites is 1. The van der Waals surface area contributed by atoms with Crippen LogP contribution in [0.3, 0.4) is 0 Å². The highest BCUT2D eigenvalue weighted by atomic mass is 16.3. The van der Waals surface area contributed by atoms with Gasteiger partial charge in [-0.1, -0.05) is 12.1 Å². The lowest BCUT2D eigenvalue weighted by Crippen LogP contribution is -2.36. The molecule has 0 atom stereocenters. The maximum absolute atomic E-state index is 11.8. The van der Waals surface area contributed by atoms with E-state index < -0.39 is 0 Å². The Balaban J connectivity index is 2.07. The zero-order valence-corrected chi connectivity index (χ0v) is 11.4. The first kappa shape index (κ1) is 14.2. The number of aromatic nitrogens is 2. The molecule has 0 spiro atoms. The Morgan fingerprint density at radius 2 is 2.15 bits per heavy atom. The van der Waals surface area contributed by atoms with Crippen molar-refractivity contribution in [2.75, 3.05) is 31.6 Å². The second kappa shape index (κ2) is 6.81. The Kier molecular flexibility index (Phi) is 4.84. The summed E-state index contributed by atoms with van der Waals surface area (Å²) in [7, 11) is 1.82. The lowest BCUT2D eigenvalue weighted by molar-refractivity contribution is -0.119. The van der Waals surface area contributed by atoms with E-state index in [1.165, 1.54) is 6.33 Å². The molecule has 0 saturated carbocycles. The normalized spacial score (nSPS) is 10.5. The lowest BCUT2D eigenvalue weighted by atomic mass is 10.2. The van der Waals surface area contributed by atoms with Gasteiger partial charge in [0.05, 0.1) is 12.1 Å². The average molecular weight is 274 g/mol. The second-order valence-electron chi connectivity index (χ2n) is 4.50. The van der Waals surface area contributed by atoms with Crippen LogP contribution in [0.15, 0.2) is 30.6 Å². The molecule has 1 aromatic heterocycles. The van der Waals surface area contributed by atoms with Crippen LogP contribution in [-0.2, 0) is 4.79 Å². The fourth-order valence-corrected chi connectivity index (χ4v) is 1.95. The molecule has 0 unspecified atom stereocenters. The lowest BCUT2D eigenvalue weighted by Gasteiger charge is -2.19. The number of nitrogens with zero attached hydrogens (tertiary/aromatic N) is 3. The molecule has 1 amide bonds. The fraction of sp³-hybridized carbons (Fsp3) is 0.357. The van der Waals surface area contributed by atoms with E-state index in [-0.39, 0.29) is 19.1 Å². The summed E-state index contributed by atoms with van der Waals surface area (Å²) < 4.78 is 0. The summed E-state index contributed by atoms with van der Waals surface area (Å²) >= 11 is 0. The van der Waals surface area contributed by atoms with E-state index in [0.717, 1.165) is 16.7 Å². The summed E-state index contributed by atoms with van der Waals surface area (Å²) in [5.41, 5.74) is 0.852. The monoisotopic (exact) mass is 274 g/mol. The van der Waals surface area contributed by atoms with Gasteiger partial charge in [-0.3, -0.25) is 4.79 Å². The molecule has 0 aliphatic heterocycles. The first-order valence-electron chi connectivity index (χ1n) is 6.51. The van der Waals surface area contributed by atoms with Crippen LogP contribution in [-0.4, -0.2) is 47.7 Å². The van der Waals surface area contributed by atoms with Crippen molar-refractivity contribution >= 4 is 22.6 Å². The molecule has 0 saturated heterocycles. The Labute approximate surface area is 117 Å². The molecule has 6 heteroatoms. The molecule has 0 aliphatic carbocycles. The van der Waals surface area contributed by atoms with Gasteiger partial charge in [0.15, 0.2) is 0 Å². The van der Waals surface area contributed by atoms with E-state index in [0.29, 0.717) is 13.0 Å². The Morgan fingerprint density at radius 1 is 1.35 bits per heavy atom. The van der Waals surface area contributed by atoms with Crippen LogP contribution in [0.1, 0.15) is 6.42 Å². The molecule has 6 nitrogen and oxygen atoms in total. The van der Waals surface area contributed by atoms with Gasteiger partial charge in [0, 0.05) is 25.6 Å². The van der Waals surface area contributed by atoms with E-state index in [2.05, 4.69) is 15.3 Å². The fourth-order valence-electron chi connectivity index (χ4n) is 1.95. The number of aliphatic hydroxyl groups excluding tert-OH is 1. The minimum absolute atomic E-state index is 0.0761. The van der Waals surface area contributed by atoms with Crippen LogP contribution in [0.5, 0.6) is 0 Å². The third-order valence-electron chi connectivity index (χ3n) is 2.92. The van der Waals surface area contributed by atoms with Gasteiger partial charge in [-0.15, -0.1) is 0 Å². The van der Waals surface area contributed by atoms with Crippen molar-refractivity contribution in [2.45, 2.75) is 6.42 Å². The summed E-state index contributed by atoms with van der Waals surface area (Å²) in [5.74, 6) is 0.636. The third kappa shape index (κ3) is 3.42. The number of hydrogen-bond donors (Lipinski definition) is 2. The van der Waals surface area contributed by atoms with Crippen molar-refractivity contribution < 1.29 is 9.90 Å². The molecule has 0 fully saturated rings. The smallest absolute Gasteiger partial charge is 0.239 e. The van der Waals surface area contributed by atoms with Gasteiger partial charge in [0.2, 0.25) is 5.91 Å². The van der Waals surface area contributed by atoms with Gasteiger partial charge in [0.1, 0.15) is 12.1 Å². The maximum Gasteiger partial charge on any atom is 0.239 e. The number of hydrogen-bond acceptors (Lipinski definition) is 5. The van der Waals surface area contributed by atoms with Gasteiger partial charge in [-0.2, -0.15) is 0 Å². The van der Waals surface area contributed by atoms with Crippen molar-refractivity contribution in [2.24, 2.45) is 0 Å². The number of amides is 1. The molecule has 2 N–H and O–H groups in total. The van der Waals surface area contributed by atoms with Crippen LogP contribution in [0.4, 0.5) is 5.82 Å². The summed E-state index contributed by atoms with van der Waals surface area (Å²) in [5, 5.41) is 12.3. The van der Waals surface area contributed by atoms with Gasteiger partial charge in [0.25, 0.3) is 0 Å². The number of benzene rings is 1. The Hall–Kier alpha value is -2.21. The molecular weight excluding hydrogens is 256 g/mol. The van der Waals surface area contributed by atoms with Crippen molar-refractivity contribution in [1.29, 1.82) is 0 Å². The quantitative estimate of drug-likeness (QED) is 0.753. The minimum atomic E-state index is -0.0938. The zero-order valence-electron chi connectivity index (χ0n) is 11.4. The van der Waals surface area contributed by atoms with E-state index in [1.807, 2.05) is 31.3 Å². The molecule has 1 heterocycles. The van der Waals surface area contributed by atoms with E-state index in [1.54, 1.807) is 4.90 Å². The molecule has 20 heavy (non-hydrogen) atoms. The molecule has 106 valence electrons. The van der Waals surface area contributed by atoms with Gasteiger partial charge in [-0.25, -0.2) is 9.97 Å². The highest BCUT2D eigenvalue weighted by Gasteiger charge is 2.11. The van der Waals surface area contributed by atoms with Crippen LogP contribution < -0.4 is 10.2 Å². The first-order chi connectivity index (χ1) is 9.72. The topological polar surface area (TPSA) is 78.4 Å². The van der Waals surface area contributed by atoms with Crippen molar-refractivity contribution in [3.63, 3.8) is 0 Å². The number of fused-ring (bicyclic) bond motifs is 1. The highest BCUT2D eigenvalue weighted by molar-refractivity contribution is 5.91. The molecule has 2 aromatic rings. The molecule has 2 rings (SSSR count). The number of rotatable bonds is 6. The highest BCUT2D eigenvalue weighted by Crippen LogP contribution is 2.20. The number of carbonyl (C=O) groups is 1. The van der Waals surface area contributed by atoms with Crippen LogP contribution in [0, 0.1) is 0 Å². The number of nitrogens with one attached hydrogen (secondary N) is 1. The number of carbonyl (C=O) groups excluding carboxylic acids is 1. The summed E-state index contributed by atoms with van der Waals surface area (Å²) in [6.45, 7) is 0.771. The molecule has 1 aromatic carbocycles. The summed E-state index contributed by atoms with van der Waals surface area (Å²) in [4.78, 5) is 22.0. The van der Waals surface area contributed by atoms with Crippen LogP contribution in [0.2, 0.25) is 0 Å². The van der Waals surface area contributed by atoms with Crippen LogP contribution >= 0.6 is 0 Å². The molecular formula is C14H18N4O2. The third-order valence-corrected chi connectivity index (χ3v) is 2.92. The minimum Gasteiger partial charge on any atom is -0.396 e. The number of aliphatic hydroxyl groups is 1. The predicted octanol–water partition coefficient (Wildman–Crippen LogP) is 0.565. The predicted molar refractivity (Wildman–Crippen MR) is 77.5 cm³/mol. The van der Waals surface area contributed by atoms with Crippen molar-refractivity contribution in [3.8, 4) is 0 Å². The number of likely N-dealkylation sites (N-methyl/N-ethyl adjacent to an activating group) is 1. The average Bonchev–Trinajstić information content (AvgIpc) is 2.47. The van der Waals surface area contributed by atoms with Crippen molar-refractivity contribution in [1.82, 2.24) is 15.3 Å². The Morgan fingerprint density at radius 3 is 2.95 bits per heavy atom. The van der Waals surface area contributed by atoms with Gasteiger partial charge in [-0.05, 0) is 18.6 Å². The standard InChI is InChI=1S/C14H18N4O2/c1-18(9-13(20)15-7-4-8-19)14-11-5-2-3-6-12(11)16-10-17-14/h2-3,5-6,10,19H,4,7-9H2,1H3,(H,15,20). The first-order valence-corrected chi connectivity index (χ1v) is 6.51. The zero-order chi connectivity index (χ0) is 14.4. The van der Waals surface area contributed by atoms with E-state index in [4.69, 9.17) is 5.11 Å². The largest absolute Gasteiger partial charge is 0.396 e. The second-order valence-corrected chi connectivity index (χ2v) is 4.50. The van der Waals surface area contributed by atoms with Gasteiger partial charge >= 0.3 is 0 Å². The number of anilines is 1. The van der Waals surface area contributed by atoms with E-state index in [9.17, 15) is 4.79 Å². The van der Waals surface area contributed by atoms with Gasteiger partial charge < -0.3 is 15.3 Å². The van der Waals surface area contributed by atoms with Crippen LogP contribution in [0.25, 0.3) is 10.9 Å². The summed E-state index contributed by atoms with van der Waals surface area (Å²) in [6, 6.07) is 7.69. The molecule has 0 bridgehead atoms. The van der Waals surface area contributed by atoms with Crippen molar-refractivity contribution in [3.05, 3.63) is 30.6 Å². The maximum atomic E-state index is 11.8. The van der Waals surface area contributed by atoms with E-state index >= 15 is 0 Å².